The third-order valence-electron chi connectivity index (χ3n) is 2.34. The van der Waals surface area contributed by atoms with E-state index in [9.17, 15) is 4.79 Å². The second-order valence-electron chi connectivity index (χ2n) is 3.62. The third-order valence-corrected chi connectivity index (χ3v) is 2.34. The van der Waals surface area contributed by atoms with Gasteiger partial charge in [0.1, 0.15) is 5.75 Å². The summed E-state index contributed by atoms with van der Waals surface area (Å²) in [4.78, 5) is 11.0. The third kappa shape index (κ3) is 3.55. The topological polar surface area (TPSA) is 64.3 Å². The first-order valence-corrected chi connectivity index (χ1v) is 5.27. The summed E-state index contributed by atoms with van der Waals surface area (Å²) in [5, 5.41) is 2.73. The van der Waals surface area contributed by atoms with Gasteiger partial charge in [0.15, 0.2) is 0 Å². The number of nitrogens with two attached hydrogens (primary N) is 1. The number of hydrogen-bond donors (Lipinski definition) is 2. The summed E-state index contributed by atoms with van der Waals surface area (Å²) in [5.41, 5.74) is 7.47. The number of aryl methyl sites for hydroxylation is 1. The summed E-state index contributed by atoms with van der Waals surface area (Å²) in [5.74, 6) is 0.721. The minimum atomic E-state index is -0.133. The van der Waals surface area contributed by atoms with Crippen molar-refractivity contribution in [2.45, 2.75) is 13.3 Å². The van der Waals surface area contributed by atoms with Crippen molar-refractivity contribution in [3.8, 4) is 5.75 Å². The minimum absolute atomic E-state index is 0.0327. The molecular formula is C12H18N2O2. The van der Waals surface area contributed by atoms with Gasteiger partial charge in [-0.15, -0.1) is 0 Å². The van der Waals surface area contributed by atoms with Crippen molar-refractivity contribution < 1.29 is 9.53 Å². The molecule has 0 aliphatic carbocycles. The van der Waals surface area contributed by atoms with Gasteiger partial charge in [0.05, 0.1) is 13.7 Å². The fraction of sp³-hybridized carbons (Fsp3) is 0.417. The van der Waals surface area contributed by atoms with Gasteiger partial charge in [0.2, 0.25) is 5.91 Å². The summed E-state index contributed by atoms with van der Waals surface area (Å²) in [6.45, 7) is 2.64. The zero-order valence-electron chi connectivity index (χ0n) is 9.75. The van der Waals surface area contributed by atoms with Crippen LogP contribution in [-0.2, 0) is 11.2 Å². The number of amides is 1. The molecule has 1 rings (SSSR count). The molecule has 0 bridgehead atoms. The Labute approximate surface area is 95.8 Å². The summed E-state index contributed by atoms with van der Waals surface area (Å²) in [6, 6.07) is 6.00. The number of hydrogen-bond acceptors (Lipinski definition) is 3. The van der Waals surface area contributed by atoms with E-state index in [1.807, 2.05) is 19.1 Å². The van der Waals surface area contributed by atoms with Crippen LogP contribution in [0.1, 0.15) is 11.1 Å². The Kier molecular flexibility index (Phi) is 4.79. The first kappa shape index (κ1) is 12.5. The molecule has 1 aromatic rings. The average Bonchev–Trinajstić information content (AvgIpc) is 2.29. The van der Waals surface area contributed by atoms with Crippen LogP contribution in [0.15, 0.2) is 18.2 Å². The smallest absolute Gasteiger partial charge is 0.233 e. The van der Waals surface area contributed by atoms with Gasteiger partial charge in [-0.2, -0.15) is 0 Å². The standard InChI is InChI=1S/C12H18N2O2/c1-9-3-4-11(16-2)10(7-9)5-6-14-12(15)8-13/h3-4,7H,5-6,8,13H2,1-2H3,(H,14,15). The van der Waals surface area contributed by atoms with E-state index in [0.717, 1.165) is 17.7 Å². The van der Waals surface area contributed by atoms with Crippen molar-refractivity contribution in [2.75, 3.05) is 20.2 Å². The molecule has 0 aromatic heterocycles. The molecule has 0 saturated heterocycles. The van der Waals surface area contributed by atoms with E-state index < -0.39 is 0 Å². The van der Waals surface area contributed by atoms with Gasteiger partial charge >= 0.3 is 0 Å². The Balaban J connectivity index is 2.58. The van der Waals surface area contributed by atoms with Crippen molar-refractivity contribution in [1.82, 2.24) is 5.32 Å². The van der Waals surface area contributed by atoms with Gasteiger partial charge in [-0.05, 0) is 25.0 Å². The van der Waals surface area contributed by atoms with Crippen molar-refractivity contribution in [3.05, 3.63) is 29.3 Å². The van der Waals surface area contributed by atoms with Crippen LogP contribution in [0, 0.1) is 6.92 Å². The van der Waals surface area contributed by atoms with E-state index in [1.54, 1.807) is 7.11 Å². The fourth-order valence-corrected chi connectivity index (χ4v) is 1.51. The summed E-state index contributed by atoms with van der Waals surface area (Å²) < 4.78 is 5.25. The quantitative estimate of drug-likeness (QED) is 0.767. The van der Waals surface area contributed by atoms with Crippen LogP contribution < -0.4 is 15.8 Å². The van der Waals surface area contributed by atoms with Crippen LogP contribution in [-0.4, -0.2) is 26.1 Å². The maximum atomic E-state index is 11.0. The predicted molar refractivity (Wildman–Crippen MR) is 63.5 cm³/mol. The lowest BCUT2D eigenvalue weighted by Gasteiger charge is -2.09. The molecule has 0 atom stereocenters. The molecule has 0 heterocycles. The van der Waals surface area contributed by atoms with Crippen molar-refractivity contribution in [2.24, 2.45) is 5.73 Å². The number of ether oxygens (including phenoxy) is 1. The van der Waals surface area contributed by atoms with Gasteiger partial charge in [0.25, 0.3) is 0 Å². The summed E-state index contributed by atoms with van der Waals surface area (Å²) >= 11 is 0. The summed E-state index contributed by atoms with van der Waals surface area (Å²) in [6.07, 6.45) is 0.747. The molecular weight excluding hydrogens is 204 g/mol. The molecule has 88 valence electrons. The zero-order valence-corrected chi connectivity index (χ0v) is 9.75. The highest BCUT2D eigenvalue weighted by Crippen LogP contribution is 2.19. The van der Waals surface area contributed by atoms with Crippen molar-refractivity contribution in [3.63, 3.8) is 0 Å². The molecule has 16 heavy (non-hydrogen) atoms. The van der Waals surface area contributed by atoms with E-state index in [1.165, 1.54) is 5.56 Å². The molecule has 0 fully saturated rings. The van der Waals surface area contributed by atoms with Gasteiger partial charge in [0, 0.05) is 6.54 Å². The maximum Gasteiger partial charge on any atom is 0.233 e. The number of rotatable bonds is 5. The Bertz CT molecular complexity index is 364. The van der Waals surface area contributed by atoms with E-state index >= 15 is 0 Å². The first-order chi connectivity index (χ1) is 7.67. The second-order valence-corrected chi connectivity index (χ2v) is 3.62. The Morgan fingerprint density at radius 3 is 2.88 bits per heavy atom. The van der Waals surface area contributed by atoms with Crippen molar-refractivity contribution >= 4 is 5.91 Å². The molecule has 0 saturated carbocycles. The molecule has 0 aliphatic heterocycles. The second kappa shape index (κ2) is 6.12. The number of carbonyl (C=O) groups excluding carboxylic acids is 1. The predicted octanol–water partition coefficient (Wildman–Crippen LogP) is 0.621. The van der Waals surface area contributed by atoms with E-state index in [0.29, 0.717) is 6.54 Å². The average molecular weight is 222 g/mol. The molecule has 4 heteroatoms. The van der Waals surface area contributed by atoms with Gasteiger partial charge in [-0.3, -0.25) is 4.79 Å². The minimum Gasteiger partial charge on any atom is -0.496 e. The lowest BCUT2D eigenvalue weighted by molar-refractivity contribution is -0.119. The lowest BCUT2D eigenvalue weighted by Crippen LogP contribution is -2.31. The van der Waals surface area contributed by atoms with Gasteiger partial charge in [-0.1, -0.05) is 17.7 Å². The van der Waals surface area contributed by atoms with Gasteiger partial charge in [-0.25, -0.2) is 0 Å². The van der Waals surface area contributed by atoms with Gasteiger partial charge < -0.3 is 15.8 Å². The number of nitrogens with one attached hydrogen (secondary N) is 1. The van der Waals surface area contributed by atoms with Crippen LogP contribution in [0.2, 0.25) is 0 Å². The Hall–Kier alpha value is -1.55. The van der Waals surface area contributed by atoms with Crippen molar-refractivity contribution in [1.29, 1.82) is 0 Å². The Morgan fingerprint density at radius 2 is 2.25 bits per heavy atom. The molecule has 0 aliphatic rings. The molecule has 0 unspecified atom stereocenters. The lowest BCUT2D eigenvalue weighted by atomic mass is 10.1. The highest BCUT2D eigenvalue weighted by molar-refractivity contribution is 5.77. The normalized spacial score (nSPS) is 9.94. The fourth-order valence-electron chi connectivity index (χ4n) is 1.51. The first-order valence-electron chi connectivity index (χ1n) is 5.27. The highest BCUT2D eigenvalue weighted by atomic mass is 16.5. The monoisotopic (exact) mass is 222 g/mol. The van der Waals surface area contributed by atoms with E-state index in [2.05, 4.69) is 11.4 Å². The van der Waals surface area contributed by atoms with Crippen LogP contribution in [0.25, 0.3) is 0 Å². The SMILES string of the molecule is COc1ccc(C)cc1CCNC(=O)CN. The molecule has 1 amide bonds. The molecule has 3 N–H and O–H groups in total. The number of methoxy groups -OCH3 is 1. The van der Waals surface area contributed by atoms with E-state index in [-0.39, 0.29) is 12.5 Å². The molecule has 0 spiro atoms. The molecule has 0 radical (unpaired) electrons. The Morgan fingerprint density at radius 1 is 1.50 bits per heavy atom. The molecule has 4 nitrogen and oxygen atoms in total. The van der Waals surface area contributed by atoms with E-state index in [4.69, 9.17) is 10.5 Å². The van der Waals surface area contributed by atoms with Crippen LogP contribution in [0.5, 0.6) is 5.75 Å². The largest absolute Gasteiger partial charge is 0.496 e. The number of carbonyl (C=O) groups is 1. The highest BCUT2D eigenvalue weighted by Gasteiger charge is 2.03. The summed E-state index contributed by atoms with van der Waals surface area (Å²) in [7, 11) is 1.65. The van der Waals surface area contributed by atoms with Crippen LogP contribution in [0.4, 0.5) is 0 Å². The number of benzene rings is 1. The van der Waals surface area contributed by atoms with Crippen LogP contribution >= 0.6 is 0 Å². The zero-order chi connectivity index (χ0) is 12.0. The maximum absolute atomic E-state index is 11.0. The van der Waals surface area contributed by atoms with Crippen LogP contribution in [0.3, 0.4) is 0 Å². The molecule has 1 aromatic carbocycles.